The number of hydrogen-bond donors (Lipinski definition) is 1. The number of methoxy groups -OCH3 is 1. The molecule has 0 saturated heterocycles. The van der Waals surface area contributed by atoms with E-state index in [0.717, 1.165) is 24.3 Å². The highest BCUT2D eigenvalue weighted by Gasteiger charge is 2.39. The summed E-state index contributed by atoms with van der Waals surface area (Å²) in [5.74, 6) is 0. The van der Waals surface area contributed by atoms with E-state index in [-0.39, 0.29) is 11.6 Å². The van der Waals surface area contributed by atoms with E-state index in [9.17, 15) is 0 Å². The van der Waals surface area contributed by atoms with E-state index in [4.69, 9.17) is 22.1 Å². The van der Waals surface area contributed by atoms with Crippen LogP contribution < -0.4 is 5.73 Å². The molecule has 1 unspecified atom stereocenters. The van der Waals surface area contributed by atoms with Gasteiger partial charge in [-0.15, -0.1) is 0 Å². The van der Waals surface area contributed by atoms with Crippen LogP contribution in [0.2, 0.25) is 5.02 Å². The van der Waals surface area contributed by atoms with Gasteiger partial charge in [-0.2, -0.15) is 0 Å². The molecule has 1 aliphatic carbocycles. The molecule has 1 saturated carbocycles. The second-order valence-electron chi connectivity index (χ2n) is 4.91. The molecule has 94 valence electrons. The second kappa shape index (κ2) is 5.38. The molecule has 0 amide bonds. The molecule has 1 atom stereocenters. The number of ether oxygens (including phenoxy) is 1. The molecule has 0 heterocycles. The zero-order valence-corrected chi connectivity index (χ0v) is 11.0. The van der Waals surface area contributed by atoms with Crippen LogP contribution in [0.3, 0.4) is 0 Å². The van der Waals surface area contributed by atoms with Crippen molar-refractivity contribution in [2.75, 3.05) is 7.11 Å². The Labute approximate surface area is 108 Å². The minimum atomic E-state index is -0.111. The lowest BCUT2D eigenvalue weighted by Crippen LogP contribution is -2.48. The molecular formula is C14H20ClNO. The van der Waals surface area contributed by atoms with Gasteiger partial charge in [0.05, 0.1) is 5.60 Å². The maximum Gasteiger partial charge on any atom is 0.0832 e. The number of halogens is 1. The van der Waals surface area contributed by atoms with Gasteiger partial charge in [0, 0.05) is 18.2 Å². The van der Waals surface area contributed by atoms with Gasteiger partial charge in [-0.1, -0.05) is 36.6 Å². The second-order valence-corrected chi connectivity index (χ2v) is 5.35. The highest BCUT2D eigenvalue weighted by molar-refractivity contribution is 6.30. The minimum absolute atomic E-state index is 0.0659. The van der Waals surface area contributed by atoms with E-state index < -0.39 is 0 Å². The van der Waals surface area contributed by atoms with Crippen LogP contribution in [0.4, 0.5) is 0 Å². The van der Waals surface area contributed by atoms with Crippen LogP contribution in [0.5, 0.6) is 0 Å². The molecule has 1 aliphatic rings. The van der Waals surface area contributed by atoms with E-state index in [1.54, 1.807) is 7.11 Å². The van der Waals surface area contributed by atoms with E-state index in [2.05, 4.69) is 0 Å². The number of nitrogens with two attached hydrogens (primary N) is 1. The summed E-state index contributed by atoms with van der Waals surface area (Å²) < 4.78 is 5.71. The molecule has 17 heavy (non-hydrogen) atoms. The van der Waals surface area contributed by atoms with Crippen LogP contribution in [0.15, 0.2) is 24.3 Å². The molecule has 0 spiro atoms. The first-order chi connectivity index (χ1) is 8.16. The van der Waals surface area contributed by atoms with E-state index in [1.807, 2.05) is 24.3 Å². The molecule has 2 rings (SSSR count). The van der Waals surface area contributed by atoms with Crippen LogP contribution in [0, 0.1) is 0 Å². The molecule has 0 aromatic heterocycles. The lowest BCUT2D eigenvalue weighted by Gasteiger charge is -2.34. The predicted molar refractivity (Wildman–Crippen MR) is 71.3 cm³/mol. The molecular weight excluding hydrogens is 234 g/mol. The summed E-state index contributed by atoms with van der Waals surface area (Å²) in [4.78, 5) is 0. The lowest BCUT2D eigenvalue weighted by molar-refractivity contribution is -0.0253. The third kappa shape index (κ3) is 2.82. The Bertz CT molecular complexity index is 357. The van der Waals surface area contributed by atoms with Crippen LogP contribution in [-0.2, 0) is 11.2 Å². The van der Waals surface area contributed by atoms with Crippen LogP contribution in [0.25, 0.3) is 0 Å². The molecule has 2 nitrogen and oxygen atoms in total. The van der Waals surface area contributed by atoms with Crippen molar-refractivity contribution in [3.05, 3.63) is 34.9 Å². The molecule has 0 radical (unpaired) electrons. The van der Waals surface area contributed by atoms with Crippen molar-refractivity contribution in [3.63, 3.8) is 0 Å². The highest BCUT2D eigenvalue weighted by Crippen LogP contribution is 2.35. The summed E-state index contributed by atoms with van der Waals surface area (Å²) in [6.45, 7) is 0. The van der Waals surface area contributed by atoms with Gasteiger partial charge in [-0.3, -0.25) is 0 Å². The van der Waals surface area contributed by atoms with Crippen LogP contribution >= 0.6 is 11.6 Å². The van der Waals surface area contributed by atoms with Gasteiger partial charge in [0.15, 0.2) is 0 Å². The largest absolute Gasteiger partial charge is 0.377 e. The quantitative estimate of drug-likeness (QED) is 0.895. The fourth-order valence-electron chi connectivity index (χ4n) is 2.76. The predicted octanol–water partition coefficient (Wildman–Crippen LogP) is 3.17. The fraction of sp³-hybridized carbons (Fsp3) is 0.571. The smallest absolute Gasteiger partial charge is 0.0832 e. The third-order valence-electron chi connectivity index (χ3n) is 3.90. The summed E-state index contributed by atoms with van der Waals surface area (Å²) in [7, 11) is 1.78. The maximum atomic E-state index is 6.34. The van der Waals surface area contributed by atoms with E-state index >= 15 is 0 Å². The Balaban J connectivity index is 2.05. The number of benzene rings is 1. The maximum absolute atomic E-state index is 6.34. The van der Waals surface area contributed by atoms with Gasteiger partial charge in [-0.25, -0.2) is 0 Å². The Morgan fingerprint density at radius 2 is 1.88 bits per heavy atom. The van der Waals surface area contributed by atoms with Crippen molar-refractivity contribution in [2.24, 2.45) is 5.73 Å². The van der Waals surface area contributed by atoms with Crippen LogP contribution in [0.1, 0.15) is 31.2 Å². The van der Waals surface area contributed by atoms with E-state index in [0.29, 0.717) is 0 Å². The Morgan fingerprint density at radius 3 is 2.41 bits per heavy atom. The molecule has 1 fully saturated rings. The van der Waals surface area contributed by atoms with Crippen molar-refractivity contribution in [1.82, 2.24) is 0 Å². The average molecular weight is 254 g/mol. The lowest BCUT2D eigenvalue weighted by atomic mass is 9.88. The topological polar surface area (TPSA) is 35.2 Å². The average Bonchev–Trinajstić information content (AvgIpc) is 2.82. The van der Waals surface area contributed by atoms with Gasteiger partial charge in [0.2, 0.25) is 0 Å². The van der Waals surface area contributed by atoms with Crippen LogP contribution in [-0.4, -0.2) is 18.8 Å². The first kappa shape index (κ1) is 12.9. The Hall–Kier alpha value is -0.570. The summed E-state index contributed by atoms with van der Waals surface area (Å²) >= 11 is 5.87. The van der Waals surface area contributed by atoms with Crippen molar-refractivity contribution in [1.29, 1.82) is 0 Å². The monoisotopic (exact) mass is 253 g/mol. The van der Waals surface area contributed by atoms with Gasteiger partial charge in [-0.05, 0) is 37.0 Å². The standard InChI is InChI=1S/C14H20ClNO/c1-17-14(8-2-3-9-14)13(16)10-11-4-6-12(15)7-5-11/h4-7,13H,2-3,8-10,16H2,1H3. The van der Waals surface area contributed by atoms with Crippen molar-refractivity contribution in [2.45, 2.75) is 43.7 Å². The Morgan fingerprint density at radius 1 is 1.29 bits per heavy atom. The third-order valence-corrected chi connectivity index (χ3v) is 4.15. The minimum Gasteiger partial charge on any atom is -0.377 e. The summed E-state index contributed by atoms with van der Waals surface area (Å²) in [5, 5.41) is 0.768. The van der Waals surface area contributed by atoms with Gasteiger partial charge in [0.25, 0.3) is 0 Å². The van der Waals surface area contributed by atoms with Gasteiger partial charge in [0.1, 0.15) is 0 Å². The van der Waals surface area contributed by atoms with Crippen molar-refractivity contribution in [3.8, 4) is 0 Å². The number of hydrogen-bond acceptors (Lipinski definition) is 2. The molecule has 1 aromatic rings. The zero-order valence-electron chi connectivity index (χ0n) is 10.3. The zero-order chi connectivity index (χ0) is 12.3. The van der Waals surface area contributed by atoms with Crippen molar-refractivity contribution >= 4 is 11.6 Å². The summed E-state index contributed by atoms with van der Waals surface area (Å²) in [5.41, 5.74) is 7.45. The summed E-state index contributed by atoms with van der Waals surface area (Å²) in [6, 6.07) is 7.98. The highest BCUT2D eigenvalue weighted by atomic mass is 35.5. The molecule has 3 heteroatoms. The Kier molecular flexibility index (Phi) is 4.08. The SMILES string of the molecule is COC1(C(N)Cc2ccc(Cl)cc2)CCCC1. The normalized spacial score (nSPS) is 20.4. The first-order valence-electron chi connectivity index (χ1n) is 6.21. The molecule has 1 aromatic carbocycles. The van der Waals surface area contributed by atoms with Gasteiger partial charge < -0.3 is 10.5 Å². The molecule has 0 bridgehead atoms. The van der Waals surface area contributed by atoms with Crippen molar-refractivity contribution < 1.29 is 4.74 Å². The summed E-state index contributed by atoms with van der Waals surface area (Å²) in [6.07, 6.45) is 5.46. The molecule has 2 N–H and O–H groups in total. The first-order valence-corrected chi connectivity index (χ1v) is 6.59. The van der Waals surface area contributed by atoms with Gasteiger partial charge >= 0.3 is 0 Å². The number of rotatable bonds is 4. The fourth-order valence-corrected chi connectivity index (χ4v) is 2.89. The van der Waals surface area contributed by atoms with E-state index in [1.165, 1.54) is 18.4 Å². The molecule has 0 aliphatic heterocycles.